The molecule has 100 valence electrons. The lowest BCUT2D eigenvalue weighted by atomic mass is 10.1. The lowest BCUT2D eigenvalue weighted by Gasteiger charge is -2.15. The summed E-state index contributed by atoms with van der Waals surface area (Å²) in [4.78, 5) is 11.9. The van der Waals surface area contributed by atoms with Gasteiger partial charge in [0.2, 0.25) is 0 Å². The number of hydrogen-bond acceptors (Lipinski definition) is 3. The molecule has 0 aliphatic carbocycles. The standard InChI is InChI=1S/C11H10ClF3O2S/c1-18-10-4-2-3-9(17-11(13,14)15)8(10)5-7(16)6-12/h2-4H,5-6H2,1H3. The van der Waals surface area contributed by atoms with Gasteiger partial charge in [-0.25, -0.2) is 0 Å². The van der Waals surface area contributed by atoms with E-state index in [-0.39, 0.29) is 29.4 Å². The Hall–Kier alpha value is -0.880. The molecule has 0 heterocycles. The van der Waals surface area contributed by atoms with Crippen molar-refractivity contribution in [2.45, 2.75) is 17.7 Å². The topological polar surface area (TPSA) is 26.3 Å². The minimum absolute atomic E-state index is 0.175. The van der Waals surface area contributed by atoms with Gasteiger partial charge in [0.1, 0.15) is 5.75 Å². The smallest absolute Gasteiger partial charge is 0.405 e. The van der Waals surface area contributed by atoms with Crippen molar-refractivity contribution in [2.75, 3.05) is 12.1 Å². The van der Waals surface area contributed by atoms with Crippen molar-refractivity contribution in [1.82, 2.24) is 0 Å². The predicted octanol–water partition coefficient (Wildman–Crippen LogP) is 3.66. The van der Waals surface area contributed by atoms with Gasteiger partial charge in [-0.3, -0.25) is 4.79 Å². The average molecular weight is 299 g/mol. The largest absolute Gasteiger partial charge is 0.573 e. The molecule has 0 saturated heterocycles. The van der Waals surface area contributed by atoms with Gasteiger partial charge in [0.05, 0.1) is 5.88 Å². The van der Waals surface area contributed by atoms with Crippen LogP contribution in [0, 0.1) is 0 Å². The first kappa shape index (κ1) is 15.2. The number of ketones is 1. The summed E-state index contributed by atoms with van der Waals surface area (Å²) >= 11 is 6.61. The summed E-state index contributed by atoms with van der Waals surface area (Å²) in [6.45, 7) is 0. The van der Waals surface area contributed by atoms with Crippen LogP contribution in [0.5, 0.6) is 5.75 Å². The van der Waals surface area contributed by atoms with Crippen LogP contribution in [0.15, 0.2) is 23.1 Å². The summed E-state index contributed by atoms with van der Waals surface area (Å²) in [5, 5.41) is 0. The molecule has 0 radical (unpaired) electrons. The molecule has 0 aliphatic heterocycles. The minimum Gasteiger partial charge on any atom is -0.405 e. The van der Waals surface area contributed by atoms with Gasteiger partial charge in [0, 0.05) is 16.9 Å². The lowest BCUT2D eigenvalue weighted by Crippen LogP contribution is -2.19. The van der Waals surface area contributed by atoms with E-state index in [9.17, 15) is 18.0 Å². The fourth-order valence-corrected chi connectivity index (χ4v) is 2.10. The van der Waals surface area contributed by atoms with Crippen molar-refractivity contribution in [1.29, 1.82) is 0 Å². The molecule has 0 atom stereocenters. The van der Waals surface area contributed by atoms with Crippen molar-refractivity contribution < 1.29 is 22.7 Å². The molecule has 0 amide bonds. The van der Waals surface area contributed by atoms with E-state index in [1.54, 1.807) is 12.3 Å². The molecule has 0 N–H and O–H groups in total. The minimum atomic E-state index is -4.78. The fraction of sp³-hybridized carbons (Fsp3) is 0.364. The Labute approximate surface area is 111 Å². The second kappa shape index (κ2) is 6.33. The van der Waals surface area contributed by atoms with E-state index >= 15 is 0 Å². The molecule has 0 bridgehead atoms. The van der Waals surface area contributed by atoms with Gasteiger partial charge in [0.25, 0.3) is 0 Å². The predicted molar refractivity (Wildman–Crippen MR) is 64.3 cm³/mol. The first-order valence-corrected chi connectivity index (χ1v) is 6.62. The van der Waals surface area contributed by atoms with Crippen LogP contribution in [0.25, 0.3) is 0 Å². The molecule has 7 heteroatoms. The van der Waals surface area contributed by atoms with Crippen LogP contribution in [-0.2, 0) is 11.2 Å². The average Bonchev–Trinajstić information content (AvgIpc) is 2.29. The van der Waals surface area contributed by atoms with E-state index in [1.165, 1.54) is 23.9 Å². The maximum Gasteiger partial charge on any atom is 0.573 e. The zero-order valence-electron chi connectivity index (χ0n) is 9.38. The zero-order valence-corrected chi connectivity index (χ0v) is 11.0. The third kappa shape index (κ3) is 4.42. The van der Waals surface area contributed by atoms with Crippen molar-refractivity contribution in [2.24, 2.45) is 0 Å². The van der Waals surface area contributed by atoms with E-state index in [0.29, 0.717) is 4.90 Å². The molecule has 0 unspecified atom stereocenters. The maximum absolute atomic E-state index is 12.2. The van der Waals surface area contributed by atoms with Gasteiger partial charge in [-0.2, -0.15) is 0 Å². The van der Waals surface area contributed by atoms with Crippen LogP contribution in [0.1, 0.15) is 5.56 Å². The molecule has 0 aromatic heterocycles. The fourth-order valence-electron chi connectivity index (χ4n) is 1.38. The van der Waals surface area contributed by atoms with Gasteiger partial charge < -0.3 is 4.74 Å². The van der Waals surface area contributed by atoms with Crippen LogP contribution in [0.2, 0.25) is 0 Å². The summed E-state index contributed by atoms with van der Waals surface area (Å²) in [6.07, 6.45) is -3.25. The Bertz CT molecular complexity index is 435. The van der Waals surface area contributed by atoms with Crippen molar-refractivity contribution in [3.05, 3.63) is 23.8 Å². The van der Waals surface area contributed by atoms with Gasteiger partial charge in [-0.05, 0) is 18.4 Å². The monoisotopic (exact) mass is 298 g/mol. The number of Topliss-reactive ketones (excluding diaryl/α,β-unsaturated/α-hetero) is 1. The van der Waals surface area contributed by atoms with Crippen LogP contribution >= 0.6 is 23.4 Å². The van der Waals surface area contributed by atoms with E-state index in [0.717, 1.165) is 0 Å². The molecule has 1 rings (SSSR count). The third-order valence-electron chi connectivity index (χ3n) is 2.06. The highest BCUT2D eigenvalue weighted by Gasteiger charge is 2.32. The molecule has 0 saturated carbocycles. The number of ether oxygens (including phenoxy) is 1. The summed E-state index contributed by atoms with van der Waals surface area (Å²) in [5.41, 5.74) is 0.216. The number of hydrogen-bond donors (Lipinski definition) is 0. The molecule has 1 aromatic rings. The van der Waals surface area contributed by atoms with Gasteiger partial charge in [-0.1, -0.05) is 6.07 Å². The van der Waals surface area contributed by atoms with Crippen LogP contribution in [0.4, 0.5) is 13.2 Å². The number of carbonyl (C=O) groups is 1. The Morgan fingerprint density at radius 3 is 2.61 bits per heavy atom. The first-order valence-electron chi connectivity index (χ1n) is 4.86. The van der Waals surface area contributed by atoms with Crippen LogP contribution in [0.3, 0.4) is 0 Å². The molecule has 1 aromatic carbocycles. The Balaban J connectivity index is 3.12. The quantitative estimate of drug-likeness (QED) is 0.613. The zero-order chi connectivity index (χ0) is 13.8. The van der Waals surface area contributed by atoms with E-state index in [4.69, 9.17) is 11.6 Å². The van der Waals surface area contributed by atoms with E-state index in [2.05, 4.69) is 4.74 Å². The highest BCUT2D eigenvalue weighted by Crippen LogP contribution is 2.33. The number of alkyl halides is 4. The van der Waals surface area contributed by atoms with Crippen LogP contribution < -0.4 is 4.74 Å². The number of rotatable bonds is 5. The van der Waals surface area contributed by atoms with Gasteiger partial charge >= 0.3 is 6.36 Å². The molecule has 18 heavy (non-hydrogen) atoms. The van der Waals surface area contributed by atoms with Gasteiger partial charge in [-0.15, -0.1) is 36.5 Å². The second-order valence-electron chi connectivity index (χ2n) is 3.33. The number of halogens is 4. The van der Waals surface area contributed by atoms with Crippen molar-refractivity contribution >= 4 is 29.1 Å². The second-order valence-corrected chi connectivity index (χ2v) is 4.45. The summed E-state index contributed by atoms with van der Waals surface area (Å²) < 4.78 is 40.6. The normalized spacial score (nSPS) is 11.4. The molecule has 0 aliphatic rings. The molecule has 2 nitrogen and oxygen atoms in total. The third-order valence-corrected chi connectivity index (χ3v) is 3.18. The highest BCUT2D eigenvalue weighted by molar-refractivity contribution is 7.98. The Morgan fingerprint density at radius 2 is 2.11 bits per heavy atom. The maximum atomic E-state index is 12.2. The van der Waals surface area contributed by atoms with Crippen molar-refractivity contribution in [3.63, 3.8) is 0 Å². The SMILES string of the molecule is CSc1cccc(OC(F)(F)F)c1CC(=O)CCl. The molecular formula is C11H10ClF3O2S. The summed E-state index contributed by atoms with van der Waals surface area (Å²) in [5.74, 6) is -0.952. The number of thioether (sulfide) groups is 1. The van der Waals surface area contributed by atoms with Gasteiger partial charge in [0.15, 0.2) is 5.78 Å². The lowest BCUT2D eigenvalue weighted by molar-refractivity contribution is -0.275. The van der Waals surface area contributed by atoms with E-state index in [1.807, 2.05) is 0 Å². The van der Waals surface area contributed by atoms with E-state index < -0.39 is 6.36 Å². The Kier molecular flexibility index (Phi) is 5.34. The number of carbonyl (C=O) groups excluding carboxylic acids is 1. The molecular weight excluding hydrogens is 289 g/mol. The first-order chi connectivity index (χ1) is 8.37. The number of benzene rings is 1. The Morgan fingerprint density at radius 1 is 1.44 bits per heavy atom. The molecule has 0 fully saturated rings. The van der Waals surface area contributed by atoms with Crippen molar-refractivity contribution in [3.8, 4) is 5.75 Å². The summed E-state index contributed by atoms with van der Waals surface area (Å²) in [7, 11) is 0. The molecule has 0 spiro atoms. The highest BCUT2D eigenvalue weighted by atomic mass is 35.5. The summed E-state index contributed by atoms with van der Waals surface area (Å²) in [6, 6.07) is 4.26. The van der Waals surface area contributed by atoms with Crippen LogP contribution in [-0.4, -0.2) is 24.3 Å².